The number of pyridine rings is 1. The average Bonchev–Trinajstić information content (AvgIpc) is 2.14. The number of allylic oxidation sites excluding steroid dienone is 2. The van der Waals surface area contributed by atoms with E-state index in [0.717, 1.165) is 25.0 Å². The van der Waals surface area contributed by atoms with Crippen LogP contribution in [0, 0.1) is 6.92 Å². The van der Waals surface area contributed by atoms with E-state index < -0.39 is 0 Å². The summed E-state index contributed by atoms with van der Waals surface area (Å²) in [6.07, 6.45) is 9.04. The van der Waals surface area contributed by atoms with Gasteiger partial charge in [0.25, 0.3) is 0 Å². The van der Waals surface area contributed by atoms with E-state index in [-0.39, 0.29) is 0 Å². The number of aryl methyl sites for hydroxylation is 1. The minimum atomic E-state index is 0.877. The third kappa shape index (κ3) is 3.33. The Hall–Kier alpha value is -1.11. The Bertz CT molecular complexity index is 226. The number of rotatable bonds is 4. The monoisotopic (exact) mass is 160 g/mol. The van der Waals surface area contributed by atoms with Gasteiger partial charge in [0.05, 0.1) is 0 Å². The summed E-state index contributed by atoms with van der Waals surface area (Å²) in [5.41, 5.74) is 1.16. The van der Waals surface area contributed by atoms with E-state index in [4.69, 9.17) is 0 Å². The van der Waals surface area contributed by atoms with Gasteiger partial charge in [-0.15, -0.1) is 0 Å². The van der Waals surface area contributed by atoms with Gasteiger partial charge in [-0.1, -0.05) is 18.2 Å². The van der Waals surface area contributed by atoms with Gasteiger partial charge in [-0.05, 0) is 38.3 Å². The summed E-state index contributed by atoms with van der Waals surface area (Å²) in [6.45, 7) is 3.73. The van der Waals surface area contributed by atoms with Crippen LogP contribution in [0.25, 0.3) is 0 Å². The summed E-state index contributed by atoms with van der Waals surface area (Å²) >= 11 is 0. The van der Waals surface area contributed by atoms with Gasteiger partial charge in [0.2, 0.25) is 0 Å². The first-order chi connectivity index (χ1) is 5.93. The highest BCUT2D eigenvalue weighted by atomic mass is 14.7. The van der Waals surface area contributed by atoms with Gasteiger partial charge < -0.3 is 0 Å². The molecule has 1 radical (unpaired) electrons. The van der Waals surface area contributed by atoms with Crippen LogP contribution in [0.2, 0.25) is 0 Å². The van der Waals surface area contributed by atoms with Crippen LogP contribution >= 0.6 is 0 Å². The molecule has 1 heteroatoms. The molecule has 0 saturated heterocycles. The van der Waals surface area contributed by atoms with Crippen LogP contribution in [0.4, 0.5) is 0 Å². The molecule has 1 rings (SSSR count). The van der Waals surface area contributed by atoms with Crippen LogP contribution in [0.1, 0.15) is 18.5 Å². The van der Waals surface area contributed by atoms with E-state index in [1.165, 1.54) is 0 Å². The van der Waals surface area contributed by atoms with Crippen molar-refractivity contribution in [3.8, 4) is 0 Å². The minimum absolute atomic E-state index is 0.877. The summed E-state index contributed by atoms with van der Waals surface area (Å²) in [4.78, 5) is 4.23. The number of hydrogen-bond acceptors (Lipinski definition) is 1. The van der Waals surface area contributed by atoms with Crippen molar-refractivity contribution in [2.75, 3.05) is 0 Å². The summed E-state index contributed by atoms with van der Waals surface area (Å²) in [5.74, 6) is 0. The zero-order chi connectivity index (χ0) is 8.65. The molecule has 1 aromatic heterocycles. The second-order valence-electron chi connectivity index (χ2n) is 2.62. The highest BCUT2D eigenvalue weighted by molar-refractivity contribution is 5.04. The molecule has 0 spiro atoms. The molecule has 1 aromatic rings. The van der Waals surface area contributed by atoms with Crippen LogP contribution in [0.15, 0.2) is 36.5 Å². The van der Waals surface area contributed by atoms with E-state index in [1.54, 1.807) is 0 Å². The summed E-state index contributed by atoms with van der Waals surface area (Å²) in [7, 11) is 0. The molecule has 0 saturated carbocycles. The predicted octanol–water partition coefficient (Wildman–Crippen LogP) is 2.79. The minimum Gasteiger partial charge on any atom is -0.261 e. The van der Waals surface area contributed by atoms with Crippen molar-refractivity contribution < 1.29 is 0 Å². The molecule has 0 aromatic carbocycles. The molecular weight excluding hydrogens is 146 g/mol. The fourth-order valence-corrected chi connectivity index (χ4v) is 1.01. The zero-order valence-corrected chi connectivity index (χ0v) is 7.24. The van der Waals surface area contributed by atoms with Gasteiger partial charge in [0.1, 0.15) is 0 Å². The molecular formula is C11H14N. The number of aromatic nitrogens is 1. The van der Waals surface area contributed by atoms with Crippen LogP contribution in [-0.4, -0.2) is 4.98 Å². The molecule has 0 amide bonds. The molecule has 1 heterocycles. The maximum Gasteiger partial charge on any atom is 0.0406 e. The highest BCUT2D eigenvalue weighted by Gasteiger charge is 1.88. The Balaban J connectivity index is 2.29. The molecule has 0 aliphatic rings. The Morgan fingerprint density at radius 3 is 2.92 bits per heavy atom. The molecule has 0 atom stereocenters. The Kier molecular flexibility index (Phi) is 4.14. The van der Waals surface area contributed by atoms with E-state index in [9.17, 15) is 0 Å². The van der Waals surface area contributed by atoms with E-state index in [1.807, 2.05) is 18.3 Å². The zero-order valence-electron chi connectivity index (χ0n) is 7.24. The predicted molar refractivity (Wildman–Crippen MR) is 51.7 cm³/mol. The molecule has 0 aliphatic heterocycles. The molecule has 0 N–H and O–H groups in total. The molecule has 0 bridgehead atoms. The lowest BCUT2D eigenvalue weighted by atomic mass is 10.2. The van der Waals surface area contributed by atoms with E-state index in [2.05, 4.69) is 30.1 Å². The number of hydrogen-bond donors (Lipinski definition) is 0. The molecule has 0 fully saturated rings. The quantitative estimate of drug-likeness (QED) is 0.617. The SMILES string of the molecule is [CH2]C/C=C/CCc1ccccn1. The number of nitrogens with zero attached hydrogens (tertiary/aromatic N) is 1. The fraction of sp³-hybridized carbons (Fsp3) is 0.273. The van der Waals surface area contributed by atoms with Gasteiger partial charge in [-0.2, -0.15) is 0 Å². The first kappa shape index (κ1) is 8.98. The Labute approximate surface area is 74.2 Å². The largest absolute Gasteiger partial charge is 0.261 e. The van der Waals surface area contributed by atoms with E-state index >= 15 is 0 Å². The van der Waals surface area contributed by atoms with Crippen molar-refractivity contribution in [3.63, 3.8) is 0 Å². The molecule has 0 aliphatic carbocycles. The molecule has 63 valence electrons. The smallest absolute Gasteiger partial charge is 0.0406 e. The summed E-state index contributed by atoms with van der Waals surface area (Å²) in [5, 5.41) is 0. The van der Waals surface area contributed by atoms with Crippen molar-refractivity contribution >= 4 is 0 Å². The van der Waals surface area contributed by atoms with Crippen LogP contribution < -0.4 is 0 Å². The standard InChI is InChI=1S/C11H14N/c1-2-3-4-5-8-11-9-6-7-10-12-11/h3-4,6-7,9-10H,1-2,5,8H2/b4-3+. The van der Waals surface area contributed by atoms with Gasteiger partial charge in [-0.25, -0.2) is 0 Å². The summed E-state index contributed by atoms with van der Waals surface area (Å²) < 4.78 is 0. The lowest BCUT2D eigenvalue weighted by Crippen LogP contribution is -1.86. The second kappa shape index (κ2) is 5.53. The second-order valence-corrected chi connectivity index (χ2v) is 2.62. The normalized spacial score (nSPS) is 10.8. The third-order valence-electron chi connectivity index (χ3n) is 1.63. The molecule has 1 nitrogen and oxygen atoms in total. The third-order valence-corrected chi connectivity index (χ3v) is 1.63. The van der Waals surface area contributed by atoms with Crippen molar-refractivity contribution in [1.82, 2.24) is 4.98 Å². The topological polar surface area (TPSA) is 12.9 Å². The molecule has 0 unspecified atom stereocenters. The Morgan fingerprint density at radius 2 is 2.25 bits per heavy atom. The van der Waals surface area contributed by atoms with Crippen molar-refractivity contribution in [3.05, 3.63) is 49.2 Å². The highest BCUT2D eigenvalue weighted by Crippen LogP contribution is 1.98. The van der Waals surface area contributed by atoms with E-state index in [0.29, 0.717) is 0 Å². The van der Waals surface area contributed by atoms with Gasteiger partial charge in [-0.3, -0.25) is 4.98 Å². The Morgan fingerprint density at radius 1 is 1.33 bits per heavy atom. The maximum atomic E-state index is 4.23. The van der Waals surface area contributed by atoms with Gasteiger partial charge in [0, 0.05) is 11.9 Å². The summed E-state index contributed by atoms with van der Waals surface area (Å²) in [6, 6.07) is 6.01. The van der Waals surface area contributed by atoms with Crippen LogP contribution in [-0.2, 0) is 6.42 Å². The fourth-order valence-electron chi connectivity index (χ4n) is 1.01. The average molecular weight is 160 g/mol. The van der Waals surface area contributed by atoms with Crippen molar-refractivity contribution in [2.45, 2.75) is 19.3 Å². The van der Waals surface area contributed by atoms with Crippen molar-refractivity contribution in [2.24, 2.45) is 0 Å². The first-order valence-electron chi connectivity index (χ1n) is 4.27. The first-order valence-corrected chi connectivity index (χ1v) is 4.27. The lowest BCUT2D eigenvalue weighted by Gasteiger charge is -1.94. The lowest BCUT2D eigenvalue weighted by molar-refractivity contribution is 0.940. The maximum absolute atomic E-state index is 4.23. The van der Waals surface area contributed by atoms with Crippen molar-refractivity contribution in [1.29, 1.82) is 0 Å². The van der Waals surface area contributed by atoms with Crippen LogP contribution in [0.3, 0.4) is 0 Å². The van der Waals surface area contributed by atoms with Crippen LogP contribution in [0.5, 0.6) is 0 Å². The van der Waals surface area contributed by atoms with Gasteiger partial charge >= 0.3 is 0 Å². The molecule has 12 heavy (non-hydrogen) atoms. The van der Waals surface area contributed by atoms with Gasteiger partial charge in [0.15, 0.2) is 0 Å².